The highest BCUT2D eigenvalue weighted by Gasteiger charge is 2.17. The summed E-state index contributed by atoms with van der Waals surface area (Å²) in [6.07, 6.45) is 2.76. The van der Waals surface area contributed by atoms with E-state index in [9.17, 15) is 0 Å². The highest BCUT2D eigenvalue weighted by atomic mass is 79.9. The van der Waals surface area contributed by atoms with Gasteiger partial charge in [-0.05, 0) is 28.9 Å². The number of β-amino-alcohol motifs (C(OH)–C–C–N with tert-alkyl or cyclic N) is 1. The number of ether oxygens (including phenoxy) is 1. The van der Waals surface area contributed by atoms with E-state index in [1.54, 1.807) is 13.3 Å². The number of rotatable bonds is 4. The number of aliphatic hydroxyl groups excluding tert-OH is 1. The lowest BCUT2D eigenvalue weighted by Crippen LogP contribution is -2.33. The minimum Gasteiger partial charge on any atom is -0.480 e. The number of halogens is 1. The summed E-state index contributed by atoms with van der Waals surface area (Å²) >= 11 is 3.36. The van der Waals surface area contributed by atoms with Gasteiger partial charge >= 0.3 is 0 Å². The third kappa shape index (κ3) is 3.77. The van der Waals surface area contributed by atoms with Crippen LogP contribution in [0.4, 0.5) is 5.95 Å². The average molecular weight is 331 g/mol. The van der Waals surface area contributed by atoms with E-state index in [-0.39, 0.29) is 6.61 Å². The molecule has 0 unspecified atom stereocenters. The second-order valence-electron chi connectivity index (χ2n) is 4.43. The Balaban J connectivity index is 2.05. The number of aliphatic hydroxyl groups is 1. The van der Waals surface area contributed by atoms with Crippen molar-refractivity contribution in [3.63, 3.8) is 0 Å². The van der Waals surface area contributed by atoms with Gasteiger partial charge in [-0.25, -0.2) is 4.98 Å². The molecular formula is C12H19BrN4O2. The van der Waals surface area contributed by atoms with Crippen LogP contribution in [-0.4, -0.2) is 66.4 Å². The van der Waals surface area contributed by atoms with Gasteiger partial charge in [0.15, 0.2) is 0 Å². The van der Waals surface area contributed by atoms with Gasteiger partial charge < -0.3 is 14.7 Å². The second-order valence-corrected chi connectivity index (χ2v) is 5.29. The lowest BCUT2D eigenvalue weighted by atomic mass is 10.4. The zero-order chi connectivity index (χ0) is 13.7. The smallest absolute Gasteiger partial charge is 0.232 e. The van der Waals surface area contributed by atoms with E-state index in [2.05, 4.69) is 35.7 Å². The first-order chi connectivity index (χ1) is 9.24. The van der Waals surface area contributed by atoms with Crippen molar-refractivity contribution in [1.29, 1.82) is 0 Å². The molecule has 1 aliphatic heterocycles. The van der Waals surface area contributed by atoms with Gasteiger partial charge in [-0.1, -0.05) is 0 Å². The normalized spacial score (nSPS) is 17.3. The highest BCUT2D eigenvalue weighted by Crippen LogP contribution is 2.23. The Hall–Kier alpha value is -0.920. The molecule has 106 valence electrons. The van der Waals surface area contributed by atoms with E-state index in [0.29, 0.717) is 11.8 Å². The predicted molar refractivity (Wildman–Crippen MR) is 76.6 cm³/mol. The van der Waals surface area contributed by atoms with Crippen molar-refractivity contribution in [3.8, 4) is 5.88 Å². The number of methoxy groups -OCH3 is 1. The van der Waals surface area contributed by atoms with Crippen LogP contribution < -0.4 is 9.64 Å². The molecule has 2 rings (SSSR count). The van der Waals surface area contributed by atoms with E-state index >= 15 is 0 Å². The van der Waals surface area contributed by atoms with Crippen molar-refractivity contribution in [2.75, 3.05) is 51.3 Å². The Bertz CT molecular complexity index is 419. The van der Waals surface area contributed by atoms with Crippen LogP contribution in [0.1, 0.15) is 6.42 Å². The molecule has 0 amide bonds. The lowest BCUT2D eigenvalue weighted by molar-refractivity contribution is 0.204. The first-order valence-electron chi connectivity index (χ1n) is 6.39. The van der Waals surface area contributed by atoms with Crippen molar-refractivity contribution in [1.82, 2.24) is 14.9 Å². The van der Waals surface area contributed by atoms with Gasteiger partial charge in [-0.15, -0.1) is 0 Å². The first kappa shape index (κ1) is 14.5. The highest BCUT2D eigenvalue weighted by molar-refractivity contribution is 9.10. The SMILES string of the molecule is COc1nc(N2CCCN(CCO)CC2)ncc1Br. The van der Waals surface area contributed by atoms with Gasteiger partial charge in [0.05, 0.1) is 24.4 Å². The maximum Gasteiger partial charge on any atom is 0.232 e. The first-order valence-corrected chi connectivity index (χ1v) is 7.18. The number of aromatic nitrogens is 2. The molecule has 0 radical (unpaired) electrons. The summed E-state index contributed by atoms with van der Waals surface area (Å²) in [5.74, 6) is 1.26. The summed E-state index contributed by atoms with van der Waals surface area (Å²) in [7, 11) is 1.60. The molecule has 1 aromatic rings. The van der Waals surface area contributed by atoms with Crippen LogP contribution in [0, 0.1) is 0 Å². The predicted octanol–water partition coefficient (Wildman–Crippen LogP) is 0.752. The lowest BCUT2D eigenvalue weighted by Gasteiger charge is -2.21. The van der Waals surface area contributed by atoms with Crippen molar-refractivity contribution in [2.45, 2.75) is 6.42 Å². The Morgan fingerprint density at radius 3 is 2.95 bits per heavy atom. The molecular weight excluding hydrogens is 312 g/mol. The van der Waals surface area contributed by atoms with Gasteiger partial charge in [-0.3, -0.25) is 4.90 Å². The van der Waals surface area contributed by atoms with Gasteiger partial charge in [0.25, 0.3) is 0 Å². The maximum absolute atomic E-state index is 8.99. The van der Waals surface area contributed by atoms with Crippen LogP contribution >= 0.6 is 15.9 Å². The summed E-state index contributed by atoms with van der Waals surface area (Å²) in [5, 5.41) is 8.99. The molecule has 1 saturated heterocycles. The fourth-order valence-corrected chi connectivity index (χ4v) is 2.53. The number of hydrogen-bond acceptors (Lipinski definition) is 6. The summed E-state index contributed by atoms with van der Waals surface area (Å²) in [4.78, 5) is 13.2. The molecule has 0 aromatic carbocycles. The minimum absolute atomic E-state index is 0.211. The molecule has 0 saturated carbocycles. The second kappa shape index (κ2) is 7.02. The molecule has 0 spiro atoms. The summed E-state index contributed by atoms with van der Waals surface area (Å²) < 4.78 is 5.96. The van der Waals surface area contributed by atoms with Crippen molar-refractivity contribution in [2.24, 2.45) is 0 Å². The molecule has 19 heavy (non-hydrogen) atoms. The summed E-state index contributed by atoms with van der Waals surface area (Å²) in [5.41, 5.74) is 0. The van der Waals surface area contributed by atoms with Gasteiger partial charge in [0.1, 0.15) is 0 Å². The Morgan fingerprint density at radius 1 is 1.37 bits per heavy atom. The molecule has 1 fully saturated rings. The molecule has 7 heteroatoms. The molecule has 0 atom stereocenters. The number of anilines is 1. The van der Waals surface area contributed by atoms with E-state index in [1.165, 1.54) is 0 Å². The van der Waals surface area contributed by atoms with Crippen LogP contribution in [0.5, 0.6) is 5.88 Å². The molecule has 1 aromatic heterocycles. The van der Waals surface area contributed by atoms with E-state index in [0.717, 1.165) is 43.6 Å². The van der Waals surface area contributed by atoms with Gasteiger partial charge in [0, 0.05) is 26.2 Å². The van der Waals surface area contributed by atoms with Crippen LogP contribution in [0.25, 0.3) is 0 Å². The number of nitrogens with zero attached hydrogens (tertiary/aromatic N) is 4. The van der Waals surface area contributed by atoms with E-state index < -0.39 is 0 Å². The van der Waals surface area contributed by atoms with Crippen molar-refractivity contribution < 1.29 is 9.84 Å². The fraction of sp³-hybridized carbons (Fsp3) is 0.667. The average Bonchev–Trinajstić information content (AvgIpc) is 2.66. The van der Waals surface area contributed by atoms with Crippen LogP contribution in [0.3, 0.4) is 0 Å². The van der Waals surface area contributed by atoms with Crippen molar-refractivity contribution >= 4 is 21.9 Å². The zero-order valence-corrected chi connectivity index (χ0v) is 12.6. The molecule has 0 aliphatic carbocycles. The molecule has 1 N–H and O–H groups in total. The molecule has 1 aliphatic rings. The Kier molecular flexibility index (Phi) is 5.35. The zero-order valence-electron chi connectivity index (χ0n) is 11.0. The molecule has 2 heterocycles. The van der Waals surface area contributed by atoms with Gasteiger partial charge in [0.2, 0.25) is 11.8 Å². The van der Waals surface area contributed by atoms with Crippen LogP contribution in [-0.2, 0) is 0 Å². The van der Waals surface area contributed by atoms with Gasteiger partial charge in [-0.2, -0.15) is 4.98 Å². The third-order valence-corrected chi connectivity index (χ3v) is 3.72. The topological polar surface area (TPSA) is 61.7 Å². The monoisotopic (exact) mass is 330 g/mol. The van der Waals surface area contributed by atoms with Crippen LogP contribution in [0.15, 0.2) is 10.7 Å². The largest absolute Gasteiger partial charge is 0.480 e. The van der Waals surface area contributed by atoms with Crippen LogP contribution in [0.2, 0.25) is 0 Å². The molecule has 6 nitrogen and oxygen atoms in total. The van der Waals surface area contributed by atoms with E-state index in [1.807, 2.05) is 0 Å². The minimum atomic E-state index is 0.211. The standard InChI is InChI=1S/C12H19BrN4O2/c1-19-11-10(13)9-14-12(15-11)17-4-2-3-16(5-6-17)7-8-18/h9,18H,2-8H2,1H3. The fourth-order valence-electron chi connectivity index (χ4n) is 2.17. The van der Waals surface area contributed by atoms with Crippen molar-refractivity contribution in [3.05, 3.63) is 10.7 Å². The summed E-state index contributed by atoms with van der Waals surface area (Å²) in [6, 6.07) is 0. The quantitative estimate of drug-likeness (QED) is 0.879. The Labute approximate surface area is 121 Å². The number of hydrogen-bond donors (Lipinski definition) is 1. The Morgan fingerprint density at radius 2 is 2.21 bits per heavy atom. The third-order valence-electron chi connectivity index (χ3n) is 3.18. The summed E-state index contributed by atoms with van der Waals surface area (Å²) in [6.45, 7) is 4.66. The van der Waals surface area contributed by atoms with E-state index in [4.69, 9.17) is 9.84 Å². The maximum atomic E-state index is 8.99. The molecule has 0 bridgehead atoms.